The molecule has 0 fully saturated rings. The second-order valence-corrected chi connectivity index (χ2v) is 8.77. The number of hydrogen-bond donors (Lipinski definition) is 2. The first-order chi connectivity index (χ1) is 16.5. The van der Waals surface area contributed by atoms with Crippen molar-refractivity contribution < 1.29 is 4.79 Å². The van der Waals surface area contributed by atoms with Gasteiger partial charge in [0, 0.05) is 27.5 Å². The summed E-state index contributed by atoms with van der Waals surface area (Å²) in [5.41, 5.74) is 5.21. The van der Waals surface area contributed by atoms with Crippen molar-refractivity contribution in [3.05, 3.63) is 101 Å². The molecular weight excluding hydrogens is 444 g/mol. The molecule has 2 N–H and O–H groups in total. The Labute approximate surface area is 201 Å². The van der Waals surface area contributed by atoms with Gasteiger partial charge in [0.15, 0.2) is 11.6 Å². The Balaban J connectivity index is 1.21. The minimum absolute atomic E-state index is 0.149. The Kier molecular flexibility index (Phi) is 5.88. The van der Waals surface area contributed by atoms with Gasteiger partial charge in [0.25, 0.3) is 5.91 Å². The van der Waals surface area contributed by atoms with Crippen molar-refractivity contribution in [3.63, 3.8) is 0 Å². The molecule has 34 heavy (non-hydrogen) atoms. The van der Waals surface area contributed by atoms with Crippen LogP contribution in [-0.2, 0) is 0 Å². The average molecular weight is 467 g/mol. The van der Waals surface area contributed by atoms with Crippen LogP contribution in [0.5, 0.6) is 0 Å². The summed E-state index contributed by atoms with van der Waals surface area (Å²) in [6, 6.07) is 24.9. The fourth-order valence-corrected chi connectivity index (χ4v) is 4.32. The van der Waals surface area contributed by atoms with E-state index in [0.29, 0.717) is 22.9 Å². The Morgan fingerprint density at radius 3 is 2.26 bits per heavy atom. The number of rotatable bonds is 6. The number of benzene rings is 2. The van der Waals surface area contributed by atoms with Crippen molar-refractivity contribution >= 4 is 34.4 Å². The lowest BCUT2D eigenvalue weighted by Crippen LogP contribution is -2.11. The van der Waals surface area contributed by atoms with E-state index in [1.807, 2.05) is 92.0 Å². The molecule has 5 aromatic rings. The molecule has 0 spiro atoms. The quantitative estimate of drug-likeness (QED) is 0.320. The van der Waals surface area contributed by atoms with Crippen molar-refractivity contribution in [2.75, 3.05) is 10.6 Å². The van der Waals surface area contributed by atoms with Gasteiger partial charge in [0.1, 0.15) is 0 Å². The molecule has 3 heterocycles. The predicted molar refractivity (Wildman–Crippen MR) is 136 cm³/mol. The van der Waals surface area contributed by atoms with Gasteiger partial charge in [0.2, 0.25) is 0 Å². The first-order valence-corrected chi connectivity index (χ1v) is 11.6. The molecule has 1 amide bonds. The zero-order valence-corrected chi connectivity index (χ0v) is 19.5. The highest BCUT2D eigenvalue weighted by atomic mass is 32.1. The van der Waals surface area contributed by atoms with E-state index in [2.05, 4.69) is 32.0 Å². The lowest BCUT2D eigenvalue weighted by molar-refractivity contribution is 0.102. The molecule has 0 radical (unpaired) electrons. The summed E-state index contributed by atoms with van der Waals surface area (Å²) < 4.78 is 1.76. The van der Waals surface area contributed by atoms with Crippen LogP contribution in [-0.4, -0.2) is 25.9 Å². The van der Waals surface area contributed by atoms with Crippen molar-refractivity contribution in [1.29, 1.82) is 0 Å². The van der Waals surface area contributed by atoms with Crippen molar-refractivity contribution in [2.24, 2.45) is 0 Å². The summed E-state index contributed by atoms with van der Waals surface area (Å²) in [7, 11) is 0. The first kappa shape index (κ1) is 21.5. The van der Waals surface area contributed by atoms with Gasteiger partial charge in [-0.3, -0.25) is 4.79 Å². The molecule has 168 valence electrons. The van der Waals surface area contributed by atoms with Gasteiger partial charge in [0.05, 0.1) is 5.69 Å². The number of nitrogens with zero attached hydrogens (tertiary/aromatic N) is 4. The van der Waals surface area contributed by atoms with Crippen molar-refractivity contribution in [3.8, 4) is 16.3 Å². The van der Waals surface area contributed by atoms with Gasteiger partial charge < -0.3 is 10.6 Å². The average Bonchev–Trinajstić information content (AvgIpc) is 3.50. The molecule has 0 unspecified atom stereocenters. The fraction of sp³-hybridized carbons (Fsp3) is 0.0769. The number of carbonyl (C=O) groups excluding carboxylic acids is 1. The summed E-state index contributed by atoms with van der Waals surface area (Å²) in [6.45, 7) is 3.93. The van der Waals surface area contributed by atoms with Gasteiger partial charge in [-0.1, -0.05) is 18.2 Å². The lowest BCUT2D eigenvalue weighted by atomic mass is 10.1. The predicted octanol–water partition coefficient (Wildman–Crippen LogP) is 6.00. The van der Waals surface area contributed by atoms with E-state index >= 15 is 0 Å². The number of amides is 1. The van der Waals surface area contributed by atoms with E-state index in [4.69, 9.17) is 0 Å². The molecule has 0 saturated heterocycles. The maximum absolute atomic E-state index is 12.6. The molecule has 0 aliphatic heterocycles. The smallest absolute Gasteiger partial charge is 0.255 e. The SMILES string of the molecule is Cc1cc(C)n(-c2ccc(Nc3ccc(NC(=O)c4ccc(-c5cccs5)cc4)cc3)nn2)n1. The van der Waals surface area contributed by atoms with Crippen LogP contribution in [0.15, 0.2) is 84.2 Å². The summed E-state index contributed by atoms with van der Waals surface area (Å²) in [5.74, 6) is 1.13. The van der Waals surface area contributed by atoms with Crippen LogP contribution >= 0.6 is 11.3 Å². The standard InChI is InChI=1S/C26H22N6OS/c1-17-16-18(2)32(31-17)25-14-13-24(29-30-25)27-21-9-11-22(12-10-21)28-26(33)20-7-5-19(6-8-20)23-4-3-15-34-23/h3-16H,1-2H3,(H,27,29)(H,28,33). The third-order valence-corrected chi connectivity index (χ3v) is 6.16. The van der Waals surface area contributed by atoms with Crippen molar-refractivity contribution in [2.45, 2.75) is 13.8 Å². The lowest BCUT2D eigenvalue weighted by Gasteiger charge is -2.09. The molecule has 0 atom stereocenters. The van der Waals surface area contributed by atoms with E-state index in [9.17, 15) is 4.79 Å². The number of aryl methyl sites for hydroxylation is 2. The molecule has 5 rings (SSSR count). The summed E-state index contributed by atoms with van der Waals surface area (Å²) >= 11 is 1.68. The van der Waals surface area contributed by atoms with Crippen LogP contribution in [0.3, 0.4) is 0 Å². The molecule has 3 aromatic heterocycles. The highest BCUT2D eigenvalue weighted by molar-refractivity contribution is 7.13. The number of hydrogen-bond acceptors (Lipinski definition) is 6. The maximum Gasteiger partial charge on any atom is 0.255 e. The maximum atomic E-state index is 12.6. The second-order valence-electron chi connectivity index (χ2n) is 7.83. The van der Waals surface area contributed by atoms with Crippen LogP contribution in [0, 0.1) is 13.8 Å². The Bertz CT molecular complexity index is 1410. The third-order valence-electron chi connectivity index (χ3n) is 5.25. The van der Waals surface area contributed by atoms with Crippen LogP contribution < -0.4 is 10.6 Å². The number of aromatic nitrogens is 4. The Hall–Kier alpha value is -4.30. The Morgan fingerprint density at radius 2 is 1.65 bits per heavy atom. The highest BCUT2D eigenvalue weighted by Crippen LogP contribution is 2.25. The largest absolute Gasteiger partial charge is 0.339 e. The normalized spacial score (nSPS) is 10.8. The number of anilines is 3. The summed E-state index contributed by atoms with van der Waals surface area (Å²) in [4.78, 5) is 13.8. The van der Waals surface area contributed by atoms with Gasteiger partial charge in [-0.2, -0.15) is 5.10 Å². The van der Waals surface area contributed by atoms with E-state index in [-0.39, 0.29) is 5.91 Å². The monoisotopic (exact) mass is 466 g/mol. The topological polar surface area (TPSA) is 84.7 Å². The van der Waals surface area contributed by atoms with Gasteiger partial charge >= 0.3 is 0 Å². The minimum Gasteiger partial charge on any atom is -0.339 e. The first-order valence-electron chi connectivity index (χ1n) is 10.7. The minimum atomic E-state index is -0.149. The van der Waals surface area contributed by atoms with E-state index < -0.39 is 0 Å². The molecule has 7 nitrogen and oxygen atoms in total. The number of carbonyl (C=O) groups is 1. The van der Waals surface area contributed by atoms with E-state index in [0.717, 1.165) is 22.6 Å². The zero-order chi connectivity index (χ0) is 23.5. The second kappa shape index (κ2) is 9.29. The number of nitrogens with one attached hydrogen (secondary N) is 2. The molecule has 2 aromatic carbocycles. The van der Waals surface area contributed by atoms with Crippen LogP contribution in [0.4, 0.5) is 17.2 Å². The Morgan fingerprint density at radius 1 is 0.882 bits per heavy atom. The molecule has 0 aliphatic rings. The summed E-state index contributed by atoms with van der Waals surface area (Å²) in [5, 5.41) is 21.1. The zero-order valence-electron chi connectivity index (χ0n) is 18.7. The molecule has 0 saturated carbocycles. The van der Waals surface area contributed by atoms with Crippen LogP contribution in [0.25, 0.3) is 16.3 Å². The third kappa shape index (κ3) is 4.72. The van der Waals surface area contributed by atoms with E-state index in [1.54, 1.807) is 16.0 Å². The molecular formula is C26H22N6OS. The van der Waals surface area contributed by atoms with Crippen LogP contribution in [0.1, 0.15) is 21.7 Å². The fourth-order valence-electron chi connectivity index (χ4n) is 3.58. The van der Waals surface area contributed by atoms with Gasteiger partial charge in [-0.05, 0) is 85.5 Å². The van der Waals surface area contributed by atoms with Gasteiger partial charge in [-0.15, -0.1) is 21.5 Å². The van der Waals surface area contributed by atoms with Gasteiger partial charge in [-0.25, -0.2) is 4.68 Å². The summed E-state index contributed by atoms with van der Waals surface area (Å²) in [6.07, 6.45) is 0. The molecule has 0 bridgehead atoms. The number of thiophene rings is 1. The van der Waals surface area contributed by atoms with E-state index in [1.165, 1.54) is 4.88 Å². The van der Waals surface area contributed by atoms with Crippen LogP contribution in [0.2, 0.25) is 0 Å². The highest BCUT2D eigenvalue weighted by Gasteiger charge is 2.08. The molecule has 8 heteroatoms. The molecule has 0 aliphatic carbocycles. The van der Waals surface area contributed by atoms with Crippen molar-refractivity contribution in [1.82, 2.24) is 20.0 Å².